The molecular formula is C26H32N2O4. The van der Waals surface area contributed by atoms with Crippen molar-refractivity contribution < 1.29 is 19.1 Å². The summed E-state index contributed by atoms with van der Waals surface area (Å²) >= 11 is 0. The summed E-state index contributed by atoms with van der Waals surface area (Å²) < 4.78 is 11.7. The molecule has 0 saturated carbocycles. The molecular weight excluding hydrogens is 404 g/mol. The maximum Gasteiger partial charge on any atom is 0.256 e. The monoisotopic (exact) mass is 436 g/mol. The third-order valence-corrected chi connectivity index (χ3v) is 6.29. The van der Waals surface area contributed by atoms with Crippen LogP contribution < -0.4 is 0 Å². The first-order chi connectivity index (χ1) is 15.4. The Kier molecular flexibility index (Phi) is 6.63. The van der Waals surface area contributed by atoms with Crippen LogP contribution in [0.25, 0.3) is 11.1 Å². The minimum absolute atomic E-state index is 0.0310. The van der Waals surface area contributed by atoms with Crippen molar-refractivity contribution in [3.63, 3.8) is 0 Å². The molecule has 6 heteroatoms. The minimum Gasteiger partial charge on any atom is -0.368 e. The van der Waals surface area contributed by atoms with E-state index < -0.39 is 11.7 Å². The van der Waals surface area contributed by atoms with E-state index in [0.29, 0.717) is 26.2 Å². The highest BCUT2D eigenvalue weighted by atomic mass is 16.5. The van der Waals surface area contributed by atoms with Crippen LogP contribution in [-0.2, 0) is 25.5 Å². The highest BCUT2D eigenvalue weighted by molar-refractivity contribution is 5.88. The first kappa shape index (κ1) is 22.5. The summed E-state index contributed by atoms with van der Waals surface area (Å²) in [5, 5.41) is 0. The molecule has 0 radical (unpaired) electrons. The molecule has 170 valence electrons. The fourth-order valence-electron chi connectivity index (χ4n) is 4.64. The second kappa shape index (κ2) is 9.43. The summed E-state index contributed by atoms with van der Waals surface area (Å²) in [5.41, 5.74) is 3.42. The summed E-state index contributed by atoms with van der Waals surface area (Å²) in [7, 11) is 3.46. The molecule has 2 aliphatic heterocycles. The van der Waals surface area contributed by atoms with Gasteiger partial charge in [-0.1, -0.05) is 54.1 Å². The van der Waals surface area contributed by atoms with Gasteiger partial charge in [-0.05, 0) is 36.5 Å². The fraction of sp³-hybridized carbons (Fsp3) is 0.462. The van der Waals surface area contributed by atoms with E-state index in [-0.39, 0.29) is 18.4 Å². The predicted molar refractivity (Wildman–Crippen MR) is 123 cm³/mol. The molecule has 2 aromatic carbocycles. The Morgan fingerprint density at radius 3 is 2.53 bits per heavy atom. The largest absolute Gasteiger partial charge is 0.368 e. The number of benzene rings is 2. The molecule has 2 heterocycles. The number of likely N-dealkylation sites (N-methyl/N-ethyl adjacent to an activating group) is 1. The zero-order chi connectivity index (χ0) is 22.7. The van der Waals surface area contributed by atoms with E-state index in [1.54, 1.807) is 23.9 Å². The number of amides is 2. The molecule has 0 bridgehead atoms. The molecule has 4 rings (SSSR count). The number of aryl methyl sites for hydroxylation is 1. The van der Waals surface area contributed by atoms with Crippen molar-refractivity contribution in [3.8, 4) is 11.1 Å². The summed E-state index contributed by atoms with van der Waals surface area (Å²) in [6, 6.07) is 16.6. The van der Waals surface area contributed by atoms with Gasteiger partial charge < -0.3 is 19.3 Å². The van der Waals surface area contributed by atoms with Crippen LogP contribution in [-0.4, -0.2) is 73.7 Å². The summed E-state index contributed by atoms with van der Waals surface area (Å²) in [5.74, 6) is -0.151. The molecule has 2 unspecified atom stereocenters. The first-order valence-electron chi connectivity index (χ1n) is 11.3. The number of carbonyl (C=O) groups excluding carboxylic acids is 2. The van der Waals surface area contributed by atoms with Crippen LogP contribution in [0.3, 0.4) is 0 Å². The SMILES string of the molecule is Cc1cccc(-c2ccc(CC3(C(=O)N(C)C)CN(C(=O)C4CCCO4)CCO3)cc2)c1. The Hall–Kier alpha value is -2.70. The number of hydrogen-bond donors (Lipinski definition) is 0. The lowest BCUT2D eigenvalue weighted by molar-refractivity contribution is -0.175. The van der Waals surface area contributed by atoms with Gasteiger partial charge in [0, 0.05) is 33.7 Å². The van der Waals surface area contributed by atoms with Gasteiger partial charge in [-0.2, -0.15) is 0 Å². The molecule has 2 aliphatic rings. The lowest BCUT2D eigenvalue weighted by Crippen LogP contribution is -2.62. The number of hydrogen-bond acceptors (Lipinski definition) is 4. The maximum atomic E-state index is 13.3. The number of rotatable bonds is 5. The van der Waals surface area contributed by atoms with Crippen molar-refractivity contribution in [3.05, 3.63) is 59.7 Å². The quantitative estimate of drug-likeness (QED) is 0.723. The van der Waals surface area contributed by atoms with E-state index >= 15 is 0 Å². The molecule has 2 saturated heterocycles. The van der Waals surface area contributed by atoms with Crippen molar-refractivity contribution in [1.29, 1.82) is 0 Å². The van der Waals surface area contributed by atoms with Gasteiger partial charge in [0.05, 0.1) is 13.2 Å². The average Bonchev–Trinajstić information content (AvgIpc) is 3.33. The van der Waals surface area contributed by atoms with Gasteiger partial charge in [0.1, 0.15) is 6.10 Å². The van der Waals surface area contributed by atoms with Crippen molar-refractivity contribution in [1.82, 2.24) is 9.80 Å². The Morgan fingerprint density at radius 2 is 1.88 bits per heavy atom. The Bertz CT molecular complexity index is 966. The summed E-state index contributed by atoms with van der Waals surface area (Å²) in [6.45, 7) is 3.75. The lowest BCUT2D eigenvalue weighted by atomic mass is 9.89. The number of ether oxygens (including phenoxy) is 2. The van der Waals surface area contributed by atoms with Crippen LogP contribution in [0, 0.1) is 6.92 Å². The van der Waals surface area contributed by atoms with Gasteiger partial charge in [0.2, 0.25) is 0 Å². The van der Waals surface area contributed by atoms with Gasteiger partial charge in [-0.15, -0.1) is 0 Å². The standard InChI is InChI=1S/C26H32N2O4/c1-19-6-4-7-22(16-19)21-11-9-20(10-12-21)17-26(25(30)27(2)3)18-28(13-15-32-26)24(29)23-8-5-14-31-23/h4,6-7,9-12,16,23H,5,8,13-15,17-18H2,1-3H3. The van der Waals surface area contributed by atoms with E-state index in [0.717, 1.165) is 29.5 Å². The van der Waals surface area contributed by atoms with Crippen molar-refractivity contribution in [2.75, 3.05) is 40.4 Å². The van der Waals surface area contributed by atoms with Crippen LogP contribution >= 0.6 is 0 Å². The van der Waals surface area contributed by atoms with E-state index in [1.165, 1.54) is 5.56 Å². The van der Waals surface area contributed by atoms with Crippen LogP contribution in [0.5, 0.6) is 0 Å². The molecule has 2 aromatic rings. The van der Waals surface area contributed by atoms with Crippen LogP contribution in [0.2, 0.25) is 0 Å². The van der Waals surface area contributed by atoms with Crippen LogP contribution in [0.1, 0.15) is 24.0 Å². The van der Waals surface area contributed by atoms with Gasteiger partial charge in [-0.25, -0.2) is 0 Å². The van der Waals surface area contributed by atoms with Gasteiger partial charge in [0.25, 0.3) is 11.8 Å². The topological polar surface area (TPSA) is 59.1 Å². The Morgan fingerprint density at radius 1 is 1.09 bits per heavy atom. The summed E-state index contributed by atoms with van der Waals surface area (Å²) in [6.07, 6.45) is 1.66. The number of nitrogens with zero attached hydrogens (tertiary/aromatic N) is 2. The third-order valence-electron chi connectivity index (χ3n) is 6.29. The molecule has 32 heavy (non-hydrogen) atoms. The Balaban J connectivity index is 1.56. The van der Waals surface area contributed by atoms with Crippen molar-refractivity contribution in [2.45, 2.75) is 37.9 Å². The molecule has 0 aromatic heterocycles. The van der Waals surface area contributed by atoms with Gasteiger partial charge in [-0.3, -0.25) is 9.59 Å². The average molecular weight is 437 g/mol. The zero-order valence-corrected chi connectivity index (χ0v) is 19.2. The molecule has 2 fully saturated rings. The second-order valence-corrected chi connectivity index (χ2v) is 9.05. The minimum atomic E-state index is -1.10. The predicted octanol–water partition coefficient (Wildman–Crippen LogP) is 3.07. The Labute approximate surface area is 190 Å². The molecule has 0 aliphatic carbocycles. The molecule has 2 atom stereocenters. The lowest BCUT2D eigenvalue weighted by Gasteiger charge is -2.43. The van der Waals surface area contributed by atoms with E-state index in [9.17, 15) is 9.59 Å². The van der Waals surface area contributed by atoms with Gasteiger partial charge >= 0.3 is 0 Å². The number of morpholine rings is 1. The van der Waals surface area contributed by atoms with E-state index in [4.69, 9.17) is 9.47 Å². The fourth-order valence-corrected chi connectivity index (χ4v) is 4.64. The normalized spacial score (nSPS) is 23.2. The van der Waals surface area contributed by atoms with Crippen molar-refractivity contribution in [2.24, 2.45) is 0 Å². The number of carbonyl (C=O) groups is 2. The molecule has 0 spiro atoms. The van der Waals surface area contributed by atoms with Gasteiger partial charge in [0.15, 0.2) is 5.60 Å². The molecule has 0 N–H and O–H groups in total. The second-order valence-electron chi connectivity index (χ2n) is 9.05. The molecule has 6 nitrogen and oxygen atoms in total. The smallest absolute Gasteiger partial charge is 0.256 e. The summed E-state index contributed by atoms with van der Waals surface area (Å²) in [4.78, 5) is 29.6. The van der Waals surface area contributed by atoms with Crippen LogP contribution in [0.4, 0.5) is 0 Å². The van der Waals surface area contributed by atoms with E-state index in [1.807, 2.05) is 12.1 Å². The molecule has 2 amide bonds. The zero-order valence-electron chi connectivity index (χ0n) is 19.2. The highest BCUT2D eigenvalue weighted by Gasteiger charge is 2.47. The maximum absolute atomic E-state index is 13.3. The highest BCUT2D eigenvalue weighted by Crippen LogP contribution is 2.29. The van der Waals surface area contributed by atoms with E-state index in [2.05, 4.69) is 43.3 Å². The first-order valence-corrected chi connectivity index (χ1v) is 11.3. The van der Waals surface area contributed by atoms with Crippen molar-refractivity contribution >= 4 is 11.8 Å². The third kappa shape index (κ3) is 4.71. The van der Waals surface area contributed by atoms with Crippen LogP contribution in [0.15, 0.2) is 48.5 Å².